The Kier molecular flexibility index (Phi) is 5.20. The molecule has 1 aromatic carbocycles. The van der Waals surface area contributed by atoms with Crippen LogP contribution in [0.2, 0.25) is 5.15 Å². The molecule has 0 radical (unpaired) electrons. The van der Waals surface area contributed by atoms with Crippen LogP contribution in [0.25, 0.3) is 11.1 Å². The third kappa shape index (κ3) is 3.95. The van der Waals surface area contributed by atoms with Gasteiger partial charge in [-0.15, -0.1) is 0 Å². The molecule has 2 heteroatoms. The molecule has 124 valence electrons. The van der Waals surface area contributed by atoms with Gasteiger partial charge in [-0.2, -0.15) is 0 Å². The molecule has 0 aliphatic rings. The first kappa shape index (κ1) is 18.0. The van der Waals surface area contributed by atoms with Crippen LogP contribution in [-0.4, -0.2) is 4.98 Å². The van der Waals surface area contributed by atoms with E-state index in [1.807, 2.05) is 6.07 Å². The van der Waals surface area contributed by atoms with E-state index in [-0.39, 0.29) is 5.41 Å². The van der Waals surface area contributed by atoms with Crippen molar-refractivity contribution in [3.05, 3.63) is 52.3 Å². The largest absolute Gasteiger partial charge is 0.245 e. The predicted molar refractivity (Wildman–Crippen MR) is 102 cm³/mol. The van der Waals surface area contributed by atoms with Crippen molar-refractivity contribution in [3.63, 3.8) is 0 Å². The van der Waals surface area contributed by atoms with Crippen molar-refractivity contribution >= 4 is 11.6 Å². The van der Waals surface area contributed by atoms with Crippen molar-refractivity contribution in [2.75, 3.05) is 0 Å². The number of aromatic nitrogens is 1. The zero-order valence-electron chi connectivity index (χ0n) is 15.4. The molecule has 2 rings (SSSR count). The Labute approximate surface area is 146 Å². The summed E-state index contributed by atoms with van der Waals surface area (Å²) in [6.45, 7) is 15.9. The van der Waals surface area contributed by atoms with E-state index in [4.69, 9.17) is 11.6 Å². The number of nitrogens with zero attached hydrogens (tertiary/aromatic N) is 1. The van der Waals surface area contributed by atoms with E-state index in [0.717, 1.165) is 5.56 Å². The molecule has 1 aromatic heterocycles. The lowest BCUT2D eigenvalue weighted by atomic mass is 9.78. The molecule has 0 spiro atoms. The number of halogens is 1. The van der Waals surface area contributed by atoms with Crippen LogP contribution in [0.5, 0.6) is 0 Å². The van der Waals surface area contributed by atoms with Crippen LogP contribution < -0.4 is 0 Å². The summed E-state index contributed by atoms with van der Waals surface area (Å²) in [5, 5.41) is 0.548. The van der Waals surface area contributed by atoms with Crippen LogP contribution in [0.15, 0.2) is 30.5 Å². The number of pyridine rings is 1. The zero-order valence-corrected chi connectivity index (χ0v) is 16.1. The Morgan fingerprint density at radius 3 is 1.83 bits per heavy atom. The summed E-state index contributed by atoms with van der Waals surface area (Å²) in [5.41, 5.74) is 6.81. The van der Waals surface area contributed by atoms with Crippen LogP contribution in [0.3, 0.4) is 0 Å². The van der Waals surface area contributed by atoms with Gasteiger partial charge in [-0.05, 0) is 57.2 Å². The lowest BCUT2D eigenvalue weighted by Crippen LogP contribution is -2.14. The predicted octanol–water partition coefficient (Wildman–Crippen LogP) is 6.95. The Bertz CT molecular complexity index is 664. The van der Waals surface area contributed by atoms with Crippen molar-refractivity contribution in [1.29, 1.82) is 0 Å². The van der Waals surface area contributed by atoms with E-state index in [1.54, 1.807) is 6.20 Å². The van der Waals surface area contributed by atoms with Crippen LogP contribution in [0.1, 0.15) is 77.0 Å². The third-order valence-electron chi connectivity index (χ3n) is 4.32. The molecule has 1 heterocycles. The number of hydrogen-bond donors (Lipinski definition) is 0. The van der Waals surface area contributed by atoms with E-state index < -0.39 is 0 Å². The molecular weight excluding hydrogens is 302 g/mol. The lowest BCUT2D eigenvalue weighted by molar-refractivity contribution is 0.587. The minimum atomic E-state index is 0.141. The average molecular weight is 330 g/mol. The second-order valence-electron chi connectivity index (χ2n) is 7.96. The summed E-state index contributed by atoms with van der Waals surface area (Å²) in [5.74, 6) is 0.911. The molecule has 0 N–H and O–H groups in total. The molecule has 0 amide bonds. The van der Waals surface area contributed by atoms with Crippen molar-refractivity contribution < 1.29 is 0 Å². The van der Waals surface area contributed by atoms with Gasteiger partial charge < -0.3 is 0 Å². The quantitative estimate of drug-likeness (QED) is 0.555. The summed E-state index contributed by atoms with van der Waals surface area (Å²) in [6, 6.07) is 8.79. The monoisotopic (exact) mass is 329 g/mol. The molecular formula is C21H28ClN. The Hall–Kier alpha value is -1.34. The van der Waals surface area contributed by atoms with Gasteiger partial charge in [-0.3, -0.25) is 0 Å². The fourth-order valence-corrected chi connectivity index (χ4v) is 3.10. The molecule has 0 aliphatic heterocycles. The smallest absolute Gasteiger partial charge is 0.129 e. The summed E-state index contributed by atoms with van der Waals surface area (Å²) in [6.07, 6.45) is 1.80. The van der Waals surface area contributed by atoms with E-state index in [9.17, 15) is 0 Å². The van der Waals surface area contributed by atoms with Crippen molar-refractivity contribution in [2.24, 2.45) is 0 Å². The molecule has 0 saturated carbocycles. The van der Waals surface area contributed by atoms with Gasteiger partial charge in [0.05, 0.1) is 0 Å². The van der Waals surface area contributed by atoms with Crippen LogP contribution >= 0.6 is 11.6 Å². The van der Waals surface area contributed by atoms with E-state index in [0.29, 0.717) is 17.0 Å². The zero-order chi connectivity index (χ0) is 17.4. The molecule has 0 aliphatic carbocycles. The van der Waals surface area contributed by atoms with Crippen molar-refractivity contribution in [2.45, 2.75) is 65.7 Å². The standard InChI is InChI=1S/C21H28ClN/c1-13(2)17-11-16(21(5,6)7)12-18(14(3)4)20(17)15-8-9-23-19(22)10-15/h8-14H,1-7H3. The highest BCUT2D eigenvalue weighted by Crippen LogP contribution is 2.40. The SMILES string of the molecule is CC(C)c1cc(C(C)(C)C)cc(C(C)C)c1-c1ccnc(Cl)c1. The van der Waals surface area contributed by atoms with E-state index in [1.165, 1.54) is 22.3 Å². The highest BCUT2D eigenvalue weighted by molar-refractivity contribution is 6.29. The second kappa shape index (κ2) is 6.65. The van der Waals surface area contributed by atoms with Gasteiger partial charge in [0, 0.05) is 6.20 Å². The maximum atomic E-state index is 6.15. The Morgan fingerprint density at radius 1 is 0.913 bits per heavy atom. The fraction of sp³-hybridized carbons (Fsp3) is 0.476. The summed E-state index contributed by atoms with van der Waals surface area (Å²) in [7, 11) is 0. The van der Waals surface area contributed by atoms with Gasteiger partial charge in [0.25, 0.3) is 0 Å². The Morgan fingerprint density at radius 2 is 1.43 bits per heavy atom. The first-order valence-corrected chi connectivity index (χ1v) is 8.79. The van der Waals surface area contributed by atoms with Gasteiger partial charge in [-0.1, -0.05) is 72.2 Å². The first-order chi connectivity index (χ1) is 10.6. The molecule has 0 unspecified atom stereocenters. The van der Waals surface area contributed by atoms with Crippen LogP contribution in [0.4, 0.5) is 0 Å². The minimum Gasteiger partial charge on any atom is -0.245 e. The fourth-order valence-electron chi connectivity index (χ4n) is 2.92. The second-order valence-corrected chi connectivity index (χ2v) is 8.34. The maximum absolute atomic E-state index is 6.15. The van der Waals surface area contributed by atoms with E-state index in [2.05, 4.69) is 71.6 Å². The van der Waals surface area contributed by atoms with Gasteiger partial charge in [-0.25, -0.2) is 4.98 Å². The van der Waals surface area contributed by atoms with Crippen LogP contribution in [0, 0.1) is 0 Å². The molecule has 0 saturated heterocycles. The van der Waals surface area contributed by atoms with Crippen molar-refractivity contribution in [1.82, 2.24) is 4.98 Å². The molecule has 23 heavy (non-hydrogen) atoms. The number of benzene rings is 1. The van der Waals surface area contributed by atoms with Gasteiger partial charge >= 0.3 is 0 Å². The summed E-state index contributed by atoms with van der Waals surface area (Å²) < 4.78 is 0. The first-order valence-electron chi connectivity index (χ1n) is 8.41. The molecule has 0 atom stereocenters. The minimum absolute atomic E-state index is 0.141. The van der Waals surface area contributed by atoms with Gasteiger partial charge in [0.15, 0.2) is 0 Å². The third-order valence-corrected chi connectivity index (χ3v) is 4.53. The summed E-state index contributed by atoms with van der Waals surface area (Å²) in [4.78, 5) is 4.14. The maximum Gasteiger partial charge on any atom is 0.129 e. The normalized spacial score (nSPS) is 12.3. The van der Waals surface area contributed by atoms with Gasteiger partial charge in [0.2, 0.25) is 0 Å². The number of rotatable bonds is 3. The van der Waals surface area contributed by atoms with E-state index >= 15 is 0 Å². The average Bonchev–Trinajstić information content (AvgIpc) is 2.44. The molecule has 1 nitrogen and oxygen atoms in total. The lowest BCUT2D eigenvalue weighted by Gasteiger charge is -2.27. The topological polar surface area (TPSA) is 12.9 Å². The highest BCUT2D eigenvalue weighted by atomic mass is 35.5. The highest BCUT2D eigenvalue weighted by Gasteiger charge is 2.22. The Balaban J connectivity index is 2.83. The number of hydrogen-bond acceptors (Lipinski definition) is 1. The van der Waals surface area contributed by atoms with Crippen molar-refractivity contribution in [3.8, 4) is 11.1 Å². The van der Waals surface area contributed by atoms with Gasteiger partial charge in [0.1, 0.15) is 5.15 Å². The molecule has 0 bridgehead atoms. The van der Waals surface area contributed by atoms with Crippen LogP contribution in [-0.2, 0) is 5.41 Å². The molecule has 2 aromatic rings. The molecule has 0 fully saturated rings. The summed E-state index contributed by atoms with van der Waals surface area (Å²) >= 11 is 6.15.